The van der Waals surface area contributed by atoms with Crippen LogP contribution in [0.1, 0.15) is 195 Å². The summed E-state index contributed by atoms with van der Waals surface area (Å²) in [6.07, 6.45) is 1.50. The monoisotopic (exact) mass is 1310 g/mol. The van der Waals surface area contributed by atoms with Gasteiger partial charge in [-0.25, -0.2) is 19.2 Å². The lowest BCUT2D eigenvalue weighted by atomic mass is 9.44. The second-order valence-corrected chi connectivity index (χ2v) is 29.7. The van der Waals surface area contributed by atoms with Crippen molar-refractivity contribution in [3.8, 4) is 0 Å². The van der Waals surface area contributed by atoms with Crippen LogP contribution in [0.3, 0.4) is 0 Å². The Morgan fingerprint density at radius 1 is 0.516 bits per heavy atom. The molecule has 3 saturated heterocycles. The van der Waals surface area contributed by atoms with Gasteiger partial charge in [-0.15, -0.1) is 0 Å². The zero-order chi connectivity index (χ0) is 67.5. The molecule has 4 aliphatic carbocycles. The molecule has 16 heteroatoms. The zero-order valence-electron chi connectivity index (χ0n) is 57.6. The average Bonchev–Trinajstić information content (AvgIpc) is 1.65. The summed E-state index contributed by atoms with van der Waals surface area (Å²) in [4.78, 5) is 83.7. The largest absolute Gasteiger partial charge is 0.454 e. The molecular weight excluding hydrogens is 1200 g/mol. The quantitative estimate of drug-likeness (QED) is 0.0409. The summed E-state index contributed by atoms with van der Waals surface area (Å²) >= 11 is 0. The standard InChI is InChI=1S/C79H102O16/c1-12-63-50(8)68(92-72(83)53-28-20-15-21-29-53)69(93-73(84)54-30-22-16-23-31-54)76(89-63)86-44-45(3)34-37-61(80)49(7)65-62(81)43-60-58-36-35-56-42-57(38-40-78(56,10)59(58)39-41-79(60,65)11)88-75-47(5)46(4)66(64(13-2)90-75)95-77-70(94-74(85)55-32-24-17-25-33-55)67(48(6)51(9)87-77)91-71(82)52-26-18-14-19-27-52/h14-33,45-51,56-60,63-70,75-77H,12-13,34-44H2,1-11H3/t45-,46+,47?,48-,49+,50+,51?,56?,57?,58?,59?,60?,63?,64?,65?,66-,67-,68-,69?,70?,75+,76+,77-,78?,79?/m0/s1. The smallest absolute Gasteiger partial charge is 0.338 e. The molecule has 11 rings (SSSR count). The fourth-order valence-corrected chi connectivity index (χ4v) is 18.0. The Hall–Kier alpha value is -6.14. The van der Waals surface area contributed by atoms with Crippen LogP contribution in [0.15, 0.2) is 121 Å². The van der Waals surface area contributed by atoms with Crippen molar-refractivity contribution in [3.63, 3.8) is 0 Å². The Bertz CT molecular complexity index is 3250. The summed E-state index contributed by atoms with van der Waals surface area (Å²) < 4.78 is 65.6. The zero-order valence-corrected chi connectivity index (χ0v) is 57.6. The van der Waals surface area contributed by atoms with Crippen LogP contribution in [-0.2, 0) is 57.0 Å². The molecule has 4 saturated carbocycles. The highest BCUT2D eigenvalue weighted by atomic mass is 16.7. The predicted octanol–water partition coefficient (Wildman–Crippen LogP) is 14.7. The third kappa shape index (κ3) is 14.8. The van der Waals surface area contributed by atoms with Crippen LogP contribution < -0.4 is 0 Å². The van der Waals surface area contributed by atoms with Crippen LogP contribution in [0.2, 0.25) is 0 Å². The predicted molar refractivity (Wildman–Crippen MR) is 355 cm³/mol. The van der Waals surface area contributed by atoms with Crippen molar-refractivity contribution in [2.24, 2.45) is 75.9 Å². The molecule has 0 spiro atoms. The van der Waals surface area contributed by atoms with Crippen LogP contribution in [0, 0.1) is 75.9 Å². The van der Waals surface area contributed by atoms with Crippen LogP contribution in [0.25, 0.3) is 0 Å². The van der Waals surface area contributed by atoms with Gasteiger partial charge in [-0.1, -0.05) is 142 Å². The van der Waals surface area contributed by atoms with Crippen molar-refractivity contribution in [2.45, 2.75) is 227 Å². The van der Waals surface area contributed by atoms with Crippen molar-refractivity contribution in [2.75, 3.05) is 6.61 Å². The molecule has 0 radical (unpaired) electrons. The lowest BCUT2D eigenvalue weighted by Gasteiger charge is -2.61. The molecule has 3 aliphatic heterocycles. The van der Waals surface area contributed by atoms with Crippen molar-refractivity contribution in [3.05, 3.63) is 144 Å². The molecule has 95 heavy (non-hydrogen) atoms. The Morgan fingerprint density at radius 3 is 1.55 bits per heavy atom. The Labute approximate surface area is 562 Å². The molecule has 0 bridgehead atoms. The van der Waals surface area contributed by atoms with Gasteiger partial charge in [-0.3, -0.25) is 9.59 Å². The van der Waals surface area contributed by atoms with Gasteiger partial charge in [0.1, 0.15) is 23.8 Å². The molecule has 4 aromatic carbocycles. The van der Waals surface area contributed by atoms with E-state index in [1.807, 2.05) is 65.8 Å². The highest BCUT2D eigenvalue weighted by Crippen LogP contribution is 2.68. The van der Waals surface area contributed by atoms with Gasteiger partial charge in [-0.2, -0.15) is 0 Å². The third-order valence-corrected chi connectivity index (χ3v) is 24.1. The van der Waals surface area contributed by atoms with Crippen molar-refractivity contribution in [1.82, 2.24) is 0 Å². The minimum Gasteiger partial charge on any atom is -0.454 e. The number of rotatable bonds is 22. The number of ketones is 2. The molecule has 16 nitrogen and oxygen atoms in total. The SMILES string of the molecule is CCC1O[C@@H](OC[C@@H](C)CCC(=O)[C@@H](C)C2C(=O)CC3C4CCC5CC(O[C@@H]6OC(CC)[C@@H](O[C@@H]7OC(C)[C@H](C)[C@H](OC(=O)c8ccccc8)C7OC(=O)c7ccccc7)[C@H](C)C6C)CCC5(C)C4CCC32C)C(OC(=O)c2ccccc2)[C@@H](OC(=O)c2ccccc2)[C@@H]1C. The number of ether oxygens (including phenoxy) is 10. The number of esters is 4. The summed E-state index contributed by atoms with van der Waals surface area (Å²) in [6.45, 7) is 23.2. The molecular formula is C79H102O16. The lowest BCUT2D eigenvalue weighted by molar-refractivity contribution is -0.339. The fraction of sp³-hybridized carbons (Fsp3) is 0.620. The van der Waals surface area contributed by atoms with Crippen LogP contribution in [0.4, 0.5) is 0 Å². The summed E-state index contributed by atoms with van der Waals surface area (Å²) in [5.74, 6) is -1.96. The fourth-order valence-electron chi connectivity index (χ4n) is 18.0. The maximum absolute atomic E-state index is 14.5. The first-order valence-corrected chi connectivity index (χ1v) is 35.6. The summed E-state index contributed by atoms with van der Waals surface area (Å²) in [5, 5.41) is 0. The first kappa shape index (κ1) is 70.2. The normalized spacial score (nSPS) is 37.4. The molecule has 7 fully saturated rings. The van der Waals surface area contributed by atoms with Gasteiger partial charge >= 0.3 is 23.9 Å². The number of carbonyl (C=O) groups is 6. The van der Waals surface area contributed by atoms with Gasteiger partial charge in [0.15, 0.2) is 31.1 Å². The van der Waals surface area contributed by atoms with E-state index in [1.54, 1.807) is 97.1 Å². The molecule has 514 valence electrons. The Morgan fingerprint density at radius 2 is 1.01 bits per heavy atom. The second kappa shape index (κ2) is 30.3. The van der Waals surface area contributed by atoms with Gasteiger partial charge in [0.05, 0.1) is 59.4 Å². The van der Waals surface area contributed by atoms with Crippen LogP contribution in [-0.4, -0.2) is 116 Å². The van der Waals surface area contributed by atoms with Crippen molar-refractivity contribution >= 4 is 35.4 Å². The summed E-state index contributed by atoms with van der Waals surface area (Å²) in [5.41, 5.74) is 1.30. The number of benzene rings is 4. The van der Waals surface area contributed by atoms with E-state index in [1.165, 1.54) is 0 Å². The van der Waals surface area contributed by atoms with E-state index in [9.17, 15) is 28.8 Å². The van der Waals surface area contributed by atoms with Crippen LogP contribution in [0.5, 0.6) is 0 Å². The highest BCUT2D eigenvalue weighted by molar-refractivity contribution is 5.93. The van der Waals surface area contributed by atoms with E-state index in [-0.39, 0.29) is 88.7 Å². The molecule has 4 aromatic rings. The number of Topliss-reactive ketones (excluding diaryl/α,β-unsaturated/α-hetero) is 2. The average molecular weight is 1310 g/mol. The van der Waals surface area contributed by atoms with Gasteiger partial charge in [0, 0.05) is 42.4 Å². The topological polar surface area (TPSA) is 195 Å². The minimum absolute atomic E-state index is 0.0148. The van der Waals surface area contributed by atoms with Crippen molar-refractivity contribution in [1.29, 1.82) is 0 Å². The number of fused-ring (bicyclic) bond motifs is 5. The maximum atomic E-state index is 14.5. The number of hydrogen-bond acceptors (Lipinski definition) is 16. The Balaban J connectivity index is 0.690. The van der Waals surface area contributed by atoms with E-state index in [0.29, 0.717) is 72.1 Å². The number of carbonyl (C=O) groups excluding carboxylic acids is 6. The number of hydrogen-bond donors (Lipinski definition) is 0. The van der Waals surface area contributed by atoms with Gasteiger partial charge in [-0.05, 0) is 166 Å². The highest BCUT2D eigenvalue weighted by Gasteiger charge is 2.64. The maximum Gasteiger partial charge on any atom is 0.338 e. The molecule has 7 aliphatic rings. The first-order chi connectivity index (χ1) is 45.6. The van der Waals surface area contributed by atoms with E-state index < -0.39 is 85.3 Å². The van der Waals surface area contributed by atoms with E-state index in [2.05, 4.69) is 34.6 Å². The van der Waals surface area contributed by atoms with Gasteiger partial charge in [0.25, 0.3) is 0 Å². The molecule has 14 unspecified atom stereocenters. The lowest BCUT2D eigenvalue weighted by Crippen LogP contribution is -2.60. The molecule has 0 amide bonds. The molecule has 3 heterocycles. The summed E-state index contributed by atoms with van der Waals surface area (Å²) in [7, 11) is 0. The van der Waals surface area contributed by atoms with Crippen LogP contribution >= 0.6 is 0 Å². The first-order valence-electron chi connectivity index (χ1n) is 35.6. The minimum atomic E-state index is -1.08. The van der Waals surface area contributed by atoms with Gasteiger partial charge in [0.2, 0.25) is 0 Å². The van der Waals surface area contributed by atoms with E-state index in [0.717, 1.165) is 44.9 Å². The second-order valence-electron chi connectivity index (χ2n) is 29.7. The van der Waals surface area contributed by atoms with E-state index in [4.69, 9.17) is 47.4 Å². The van der Waals surface area contributed by atoms with Crippen molar-refractivity contribution < 1.29 is 76.1 Å². The van der Waals surface area contributed by atoms with Gasteiger partial charge < -0.3 is 47.4 Å². The summed E-state index contributed by atoms with van der Waals surface area (Å²) in [6, 6.07) is 34.9. The van der Waals surface area contributed by atoms with E-state index >= 15 is 0 Å². The Kier molecular flexibility index (Phi) is 22.4. The molecule has 0 N–H and O–H groups in total. The molecule has 0 aromatic heterocycles. The third-order valence-electron chi connectivity index (χ3n) is 24.1. The molecule has 25 atom stereocenters.